The molecule has 0 bridgehead atoms. The van der Waals surface area contributed by atoms with Gasteiger partial charge in [0.15, 0.2) is 18.2 Å². The van der Waals surface area contributed by atoms with E-state index in [0.717, 1.165) is 11.1 Å². The van der Waals surface area contributed by atoms with Crippen LogP contribution in [0.4, 0.5) is 10.2 Å². The van der Waals surface area contributed by atoms with Gasteiger partial charge in [-0.15, -0.1) is 0 Å². The summed E-state index contributed by atoms with van der Waals surface area (Å²) < 4.78 is 43.7. The molecule has 1 heterocycles. The summed E-state index contributed by atoms with van der Waals surface area (Å²) in [6, 6.07) is 13.9. The summed E-state index contributed by atoms with van der Waals surface area (Å²) in [5.74, 6) is -1.30. The Kier molecular flexibility index (Phi) is 7.47. The molecule has 35 heavy (non-hydrogen) atoms. The number of halogens is 1. The highest BCUT2D eigenvalue weighted by atomic mass is 32.2. The average molecular weight is 499 g/mol. The number of rotatable bonds is 8. The summed E-state index contributed by atoms with van der Waals surface area (Å²) in [7, 11) is 0. The molecule has 9 heteroatoms. The van der Waals surface area contributed by atoms with Gasteiger partial charge in [0, 0.05) is 17.3 Å². The lowest BCUT2D eigenvalue weighted by atomic mass is 9.86. The van der Waals surface area contributed by atoms with Crippen LogP contribution < -0.4 is 9.04 Å². The van der Waals surface area contributed by atoms with Crippen LogP contribution in [0.25, 0.3) is 11.1 Å². The van der Waals surface area contributed by atoms with Gasteiger partial charge in [-0.05, 0) is 60.1 Å². The Morgan fingerprint density at radius 3 is 2.69 bits per heavy atom. The van der Waals surface area contributed by atoms with E-state index >= 15 is 0 Å². The van der Waals surface area contributed by atoms with Crippen molar-refractivity contribution in [1.29, 1.82) is 0 Å². The summed E-state index contributed by atoms with van der Waals surface area (Å²) in [4.78, 5) is 15.4. The molecule has 1 aliphatic carbocycles. The van der Waals surface area contributed by atoms with Crippen LogP contribution in [-0.2, 0) is 22.5 Å². The molecule has 184 valence electrons. The molecule has 2 aromatic carbocycles. The number of carboxylic acids is 1. The highest BCUT2D eigenvalue weighted by molar-refractivity contribution is 7.80. The molecular weight excluding hydrogens is 471 g/mol. The van der Waals surface area contributed by atoms with Crippen LogP contribution in [0.3, 0.4) is 0 Å². The van der Waals surface area contributed by atoms with Crippen LogP contribution in [0.2, 0.25) is 0 Å². The number of nitrogens with zero attached hydrogens (tertiary/aromatic N) is 2. The fraction of sp³-hybridized carbons (Fsp3) is 0.308. The highest BCUT2D eigenvalue weighted by Gasteiger charge is 2.33. The van der Waals surface area contributed by atoms with E-state index in [0.29, 0.717) is 42.1 Å². The van der Waals surface area contributed by atoms with E-state index in [-0.39, 0.29) is 5.75 Å². The fourth-order valence-electron chi connectivity index (χ4n) is 4.46. The van der Waals surface area contributed by atoms with Crippen LogP contribution in [0.5, 0.6) is 5.75 Å². The van der Waals surface area contributed by atoms with E-state index in [1.807, 2.05) is 18.2 Å². The molecule has 1 aliphatic rings. The van der Waals surface area contributed by atoms with Crippen molar-refractivity contribution in [2.45, 2.75) is 45.1 Å². The second-order valence-corrected chi connectivity index (χ2v) is 9.63. The molecule has 2 atom stereocenters. The van der Waals surface area contributed by atoms with Gasteiger partial charge in [-0.2, -0.15) is 0 Å². The Hall–Kier alpha value is -3.30. The average Bonchev–Trinajstić information content (AvgIpc) is 2.84. The minimum atomic E-state index is -2.40. The lowest BCUT2D eigenvalue weighted by molar-refractivity contribution is -0.139. The number of carboxylic acid groups (broad SMARTS) is 1. The van der Waals surface area contributed by atoms with Crippen LogP contribution >= 0.6 is 0 Å². The van der Waals surface area contributed by atoms with Crippen molar-refractivity contribution in [3.05, 3.63) is 77.2 Å². The number of carbonyl (C=O) groups is 1. The maximum absolute atomic E-state index is 14.5. The predicted octanol–water partition coefficient (Wildman–Crippen LogP) is 5.50. The molecule has 4 rings (SSSR count). The van der Waals surface area contributed by atoms with Crippen LogP contribution in [-0.4, -0.2) is 31.4 Å². The van der Waals surface area contributed by atoms with Gasteiger partial charge in [-0.1, -0.05) is 44.2 Å². The van der Waals surface area contributed by atoms with Crippen molar-refractivity contribution in [3.8, 4) is 16.9 Å². The van der Waals surface area contributed by atoms with Crippen molar-refractivity contribution in [1.82, 2.24) is 4.98 Å². The van der Waals surface area contributed by atoms with Crippen molar-refractivity contribution in [2.75, 3.05) is 10.9 Å². The molecule has 0 aliphatic heterocycles. The quantitative estimate of drug-likeness (QED) is 0.398. The number of benzene rings is 2. The van der Waals surface area contributed by atoms with Gasteiger partial charge in [0.1, 0.15) is 5.82 Å². The first-order valence-electron chi connectivity index (χ1n) is 11.4. The third-order valence-corrected chi connectivity index (χ3v) is 6.94. The van der Waals surface area contributed by atoms with Crippen molar-refractivity contribution in [2.24, 2.45) is 0 Å². The zero-order valence-electron chi connectivity index (χ0n) is 19.5. The molecule has 0 spiro atoms. The smallest absolute Gasteiger partial charge is 0.341 e. The molecule has 2 unspecified atom stereocenters. The lowest BCUT2D eigenvalue weighted by Gasteiger charge is -2.34. The first-order valence-corrected chi connectivity index (χ1v) is 12.4. The summed E-state index contributed by atoms with van der Waals surface area (Å²) >= 11 is -2.40. The summed E-state index contributed by atoms with van der Waals surface area (Å²) in [6.07, 6.45) is 3.30. The lowest BCUT2D eigenvalue weighted by Crippen LogP contribution is -2.33. The van der Waals surface area contributed by atoms with Crippen LogP contribution in [0, 0.1) is 5.82 Å². The van der Waals surface area contributed by atoms with E-state index in [1.54, 1.807) is 18.3 Å². The van der Waals surface area contributed by atoms with Crippen LogP contribution in [0.15, 0.2) is 54.7 Å². The number of aliphatic carboxylic acids is 1. The van der Waals surface area contributed by atoms with E-state index in [1.165, 1.54) is 15.9 Å². The van der Waals surface area contributed by atoms with E-state index in [4.69, 9.17) is 9.84 Å². The minimum Gasteiger partial charge on any atom is -0.479 e. The number of pyridine rings is 1. The molecule has 0 fully saturated rings. The molecule has 0 saturated heterocycles. The summed E-state index contributed by atoms with van der Waals surface area (Å²) in [5.41, 5.74) is 4.23. The fourth-order valence-corrected chi connectivity index (χ4v) is 5.16. The van der Waals surface area contributed by atoms with E-state index in [9.17, 15) is 17.9 Å². The largest absolute Gasteiger partial charge is 0.479 e. The third kappa shape index (κ3) is 5.36. The first kappa shape index (κ1) is 24.8. The van der Waals surface area contributed by atoms with Gasteiger partial charge in [0.25, 0.3) is 11.3 Å². The standard InChI is InChI=1S/C26H27FN2O5S/c1-16(2)17-5-3-6-18(13-17)19-9-12-24(28-14-19)29(35(32)33)23-8-4-7-21-20(23)10-11-22(27)26(21)34-15-25(30)31/h3,5-6,9-14,16,23H,4,7-8,15H2,1-2H3,(H,30,31)(H,32,33). The molecule has 1 aromatic heterocycles. The topological polar surface area (TPSA) is 100.0 Å². The molecule has 0 radical (unpaired) electrons. The zero-order chi connectivity index (χ0) is 25.1. The first-order chi connectivity index (χ1) is 16.8. The zero-order valence-corrected chi connectivity index (χ0v) is 20.3. The van der Waals surface area contributed by atoms with Gasteiger partial charge in [0.2, 0.25) is 0 Å². The Balaban J connectivity index is 1.68. The molecule has 0 amide bonds. The molecule has 3 aromatic rings. The van der Waals surface area contributed by atoms with Crippen molar-refractivity contribution in [3.63, 3.8) is 0 Å². The maximum atomic E-state index is 14.5. The Labute approximate surface area is 206 Å². The van der Waals surface area contributed by atoms with E-state index in [2.05, 4.69) is 31.0 Å². The predicted molar refractivity (Wildman–Crippen MR) is 132 cm³/mol. The molecule has 0 saturated carbocycles. The molecule has 2 N–H and O–H groups in total. The Morgan fingerprint density at radius 2 is 2.03 bits per heavy atom. The van der Waals surface area contributed by atoms with Crippen LogP contribution in [0.1, 0.15) is 55.3 Å². The minimum absolute atomic E-state index is 0.119. The number of aromatic nitrogens is 1. The summed E-state index contributed by atoms with van der Waals surface area (Å²) in [5, 5.41) is 8.94. The Bertz CT molecular complexity index is 1250. The second-order valence-electron chi connectivity index (χ2n) is 8.78. The third-order valence-electron chi connectivity index (χ3n) is 6.16. The SMILES string of the molecule is CC(C)c1cccc(-c2ccc(N(C3CCCc4c3ccc(F)c4OCC(=O)O)S(=O)O)nc2)c1. The number of ether oxygens (including phenoxy) is 1. The number of hydrogen-bond donors (Lipinski definition) is 2. The Morgan fingerprint density at radius 1 is 1.23 bits per heavy atom. The van der Waals surface area contributed by atoms with Gasteiger partial charge < -0.3 is 9.84 Å². The van der Waals surface area contributed by atoms with E-state index < -0.39 is 35.7 Å². The monoisotopic (exact) mass is 498 g/mol. The highest BCUT2D eigenvalue weighted by Crippen LogP contribution is 2.42. The number of anilines is 1. The van der Waals surface area contributed by atoms with Crippen molar-refractivity contribution < 1.29 is 27.8 Å². The van der Waals surface area contributed by atoms with Gasteiger partial charge >= 0.3 is 5.97 Å². The van der Waals surface area contributed by atoms with Gasteiger partial charge in [-0.25, -0.2) is 22.7 Å². The maximum Gasteiger partial charge on any atom is 0.341 e. The summed E-state index contributed by atoms with van der Waals surface area (Å²) in [6.45, 7) is 3.58. The normalized spacial score (nSPS) is 16.0. The van der Waals surface area contributed by atoms with Gasteiger partial charge in [0.05, 0.1) is 6.04 Å². The second kappa shape index (κ2) is 10.5. The van der Waals surface area contributed by atoms with Gasteiger partial charge in [-0.3, -0.25) is 4.55 Å². The number of hydrogen-bond acceptors (Lipinski definition) is 4. The molecular formula is C26H27FN2O5S. The molecule has 7 nitrogen and oxygen atoms in total. The van der Waals surface area contributed by atoms with Crippen molar-refractivity contribution >= 4 is 23.1 Å². The number of fused-ring (bicyclic) bond motifs is 1.